The molecule has 19 heteroatoms. The van der Waals surface area contributed by atoms with Crippen molar-refractivity contribution in [3.05, 3.63) is 11.6 Å². The number of aliphatic hydroxyl groups excluding tert-OH is 13. The van der Waals surface area contributed by atoms with Gasteiger partial charge < -0.3 is 95.4 Å². The van der Waals surface area contributed by atoms with Gasteiger partial charge in [-0.25, -0.2) is 0 Å². The lowest BCUT2D eigenvalue weighted by Crippen LogP contribution is -2.68. The predicted molar refractivity (Wildman–Crippen MR) is 138 cm³/mol. The van der Waals surface area contributed by atoms with Crippen molar-refractivity contribution in [3.63, 3.8) is 0 Å². The summed E-state index contributed by atoms with van der Waals surface area (Å²) >= 11 is 0. The van der Waals surface area contributed by atoms with E-state index in [9.17, 15) is 66.4 Å². The van der Waals surface area contributed by atoms with Crippen molar-refractivity contribution in [3.8, 4) is 0 Å². The Morgan fingerprint density at radius 2 is 1.16 bits per heavy atom. The zero-order chi connectivity index (χ0) is 32.6. The highest BCUT2D eigenvalue weighted by atomic mass is 16.7. The monoisotopic (exact) mass is 645 g/mol. The summed E-state index contributed by atoms with van der Waals surface area (Å²) in [7, 11) is 0. The Balaban J connectivity index is 1.42. The molecule has 0 amide bonds. The molecule has 3 aliphatic heterocycles. The molecular formula is C25H43NO18. The topological polar surface area (TPSA) is 321 Å². The molecule has 9 unspecified atom stereocenters. The van der Waals surface area contributed by atoms with E-state index >= 15 is 0 Å². The van der Waals surface area contributed by atoms with Gasteiger partial charge in [0.05, 0.1) is 38.0 Å². The molecule has 19 nitrogen and oxygen atoms in total. The van der Waals surface area contributed by atoms with Gasteiger partial charge in [0, 0.05) is 0 Å². The van der Waals surface area contributed by atoms with Gasteiger partial charge in [0.15, 0.2) is 18.9 Å². The first kappa shape index (κ1) is 35.8. The maximum Gasteiger partial charge on any atom is 0.187 e. The van der Waals surface area contributed by atoms with Crippen LogP contribution >= 0.6 is 0 Å². The Morgan fingerprint density at radius 1 is 0.636 bits per heavy atom. The van der Waals surface area contributed by atoms with Crippen molar-refractivity contribution in [2.75, 3.05) is 19.8 Å². The maximum atomic E-state index is 10.9. The van der Waals surface area contributed by atoms with Crippen LogP contribution in [0.25, 0.3) is 0 Å². The van der Waals surface area contributed by atoms with Crippen molar-refractivity contribution < 1.29 is 90.1 Å². The average molecular weight is 646 g/mol. The normalized spacial score (nSPS) is 52.0. The second-order valence-corrected chi connectivity index (χ2v) is 11.4. The van der Waals surface area contributed by atoms with Crippen molar-refractivity contribution in [2.24, 2.45) is 0 Å². The Kier molecular flexibility index (Phi) is 12.1. The highest BCUT2D eigenvalue weighted by Gasteiger charge is 2.53. The van der Waals surface area contributed by atoms with E-state index in [2.05, 4.69) is 5.32 Å². The molecule has 14 N–H and O–H groups in total. The van der Waals surface area contributed by atoms with Gasteiger partial charge in [-0.05, 0) is 12.5 Å². The van der Waals surface area contributed by atoms with E-state index in [4.69, 9.17) is 23.7 Å². The molecule has 0 saturated carbocycles. The van der Waals surface area contributed by atoms with Crippen LogP contribution in [0.2, 0.25) is 0 Å². The number of aliphatic hydroxyl groups is 13. The number of nitrogens with one attached hydrogen (secondary N) is 1. The molecule has 44 heavy (non-hydrogen) atoms. The Labute approximate surface area is 250 Å². The van der Waals surface area contributed by atoms with Crippen molar-refractivity contribution >= 4 is 0 Å². The van der Waals surface area contributed by atoms with Crippen LogP contribution in [-0.4, -0.2) is 203 Å². The van der Waals surface area contributed by atoms with E-state index in [1.54, 1.807) is 0 Å². The van der Waals surface area contributed by atoms with Crippen LogP contribution in [0.3, 0.4) is 0 Å². The summed E-state index contributed by atoms with van der Waals surface area (Å²) < 4.78 is 27.4. The molecule has 4 aliphatic rings. The van der Waals surface area contributed by atoms with Gasteiger partial charge in [-0.1, -0.05) is 6.08 Å². The minimum atomic E-state index is -1.93. The highest BCUT2D eigenvalue weighted by molar-refractivity contribution is 5.22. The molecule has 3 heterocycles. The summed E-state index contributed by atoms with van der Waals surface area (Å²) in [5.41, 5.74) is 0.0225. The lowest BCUT2D eigenvalue weighted by Gasteiger charge is -2.48. The Morgan fingerprint density at radius 3 is 1.73 bits per heavy atom. The number of hydrogen-bond donors (Lipinski definition) is 14. The molecule has 0 radical (unpaired) electrons. The summed E-state index contributed by atoms with van der Waals surface area (Å²) in [5.74, 6) is 0. The van der Waals surface area contributed by atoms with E-state index in [1.807, 2.05) is 0 Å². The Hall–Kier alpha value is -1.02. The lowest BCUT2D eigenvalue weighted by molar-refractivity contribution is -0.373. The summed E-state index contributed by atoms with van der Waals surface area (Å²) in [6.45, 7) is -0.753. The van der Waals surface area contributed by atoms with Gasteiger partial charge >= 0.3 is 0 Å². The van der Waals surface area contributed by atoms with Crippen molar-refractivity contribution in [2.45, 2.75) is 123 Å². The minimum absolute atomic E-state index is 0.0225. The van der Waals surface area contributed by atoms with E-state index in [-0.39, 0.29) is 5.57 Å². The molecule has 3 fully saturated rings. The molecule has 256 valence electrons. The van der Waals surface area contributed by atoms with Gasteiger partial charge in [0.2, 0.25) is 0 Å². The van der Waals surface area contributed by atoms with Crippen LogP contribution in [0.5, 0.6) is 0 Å². The summed E-state index contributed by atoms with van der Waals surface area (Å²) in [6, 6.07) is -2.17. The van der Waals surface area contributed by atoms with E-state index in [1.165, 1.54) is 13.0 Å². The fraction of sp³-hybridized carbons (Fsp3) is 0.920. The van der Waals surface area contributed by atoms with Crippen LogP contribution < -0.4 is 5.32 Å². The molecule has 4 rings (SSSR count). The molecule has 1 aliphatic carbocycles. The lowest BCUT2D eigenvalue weighted by atomic mass is 9.86. The van der Waals surface area contributed by atoms with Crippen LogP contribution in [0.4, 0.5) is 0 Å². The second-order valence-electron chi connectivity index (χ2n) is 11.4. The molecular weight excluding hydrogens is 602 g/mol. The van der Waals surface area contributed by atoms with Gasteiger partial charge in [0.1, 0.15) is 79.4 Å². The molecule has 0 spiro atoms. The zero-order valence-corrected chi connectivity index (χ0v) is 23.5. The van der Waals surface area contributed by atoms with E-state index in [0.717, 1.165) is 0 Å². The summed E-state index contributed by atoms with van der Waals surface area (Å²) in [4.78, 5) is 0. The number of rotatable bonds is 9. The molecule has 19 atom stereocenters. The first-order valence-electron chi connectivity index (χ1n) is 14.1. The first-order valence-corrected chi connectivity index (χ1v) is 14.1. The smallest absolute Gasteiger partial charge is 0.187 e. The third-order valence-corrected chi connectivity index (χ3v) is 8.48. The molecule has 0 aromatic rings. The summed E-state index contributed by atoms with van der Waals surface area (Å²) in [5, 5.41) is 136. The third kappa shape index (κ3) is 6.96. The predicted octanol–water partition coefficient (Wildman–Crippen LogP) is -8.56. The molecule has 3 saturated heterocycles. The van der Waals surface area contributed by atoms with Crippen LogP contribution in [0, 0.1) is 0 Å². The fourth-order valence-corrected chi connectivity index (χ4v) is 5.81. The largest absolute Gasteiger partial charge is 0.394 e. The zero-order valence-electron chi connectivity index (χ0n) is 23.5. The quantitative estimate of drug-likeness (QED) is 0.103. The highest BCUT2D eigenvalue weighted by Crippen LogP contribution is 2.32. The fourth-order valence-electron chi connectivity index (χ4n) is 5.81. The van der Waals surface area contributed by atoms with Gasteiger partial charge in [-0.15, -0.1) is 0 Å². The van der Waals surface area contributed by atoms with Gasteiger partial charge in [-0.3, -0.25) is 0 Å². The van der Waals surface area contributed by atoms with Crippen molar-refractivity contribution in [1.82, 2.24) is 5.32 Å². The van der Waals surface area contributed by atoms with Gasteiger partial charge in [-0.2, -0.15) is 0 Å². The SMILES string of the molecule is CC1O[C@H](O[C@@H]2C(CO)O[C@H](O[C@@H]3C(CO)O[C@@H](O)C(O)C3O)C(O)C2O)C(O)C(O)[C@@H]1N[C@H]1C=C(CO)[C@@H](O)[C@H](O)[C@H]1O. The van der Waals surface area contributed by atoms with Crippen molar-refractivity contribution in [1.29, 1.82) is 0 Å². The average Bonchev–Trinajstić information content (AvgIpc) is 3.00. The Bertz CT molecular complexity index is 958. The van der Waals surface area contributed by atoms with Crippen LogP contribution in [0.15, 0.2) is 11.6 Å². The standard InChI is InChI=1S/C25H43NO18/c1-6-11(26-8-2-7(3-27)12(30)15(33)13(8)31)14(32)19(37)24(40-6)43-22-10(5-29)42-25(20(38)17(22)35)44-21-9(4-28)41-23(39)18(36)16(21)34/h2,6,8-39H,3-5H2,1H3/t6?,8-,9?,10?,11+,12+,13-,14?,15-,16?,17?,18?,19?,20?,21+,22+,23+,24+,25+/m0/s1. The second kappa shape index (κ2) is 14.8. The summed E-state index contributed by atoms with van der Waals surface area (Å²) in [6.07, 6.45) is -26.6. The molecule has 0 aromatic heterocycles. The molecule has 0 bridgehead atoms. The van der Waals surface area contributed by atoms with E-state index in [0.29, 0.717) is 0 Å². The molecule has 0 aromatic carbocycles. The van der Waals surface area contributed by atoms with Crippen LogP contribution in [0.1, 0.15) is 6.92 Å². The number of ether oxygens (including phenoxy) is 5. The first-order chi connectivity index (χ1) is 20.7. The maximum absolute atomic E-state index is 10.9. The van der Waals surface area contributed by atoms with Crippen LogP contribution in [-0.2, 0) is 23.7 Å². The number of hydrogen-bond acceptors (Lipinski definition) is 19. The third-order valence-electron chi connectivity index (χ3n) is 8.48. The van der Waals surface area contributed by atoms with Gasteiger partial charge in [0.25, 0.3) is 0 Å². The van der Waals surface area contributed by atoms with E-state index < -0.39 is 136 Å². The minimum Gasteiger partial charge on any atom is -0.394 e.